The maximum Gasteiger partial charge on any atom is 0.143 e. The molecular weight excluding hydrogens is 424 g/mol. The van der Waals surface area contributed by atoms with Crippen molar-refractivity contribution in [3.05, 3.63) is 107 Å². The first-order valence-corrected chi connectivity index (χ1v) is 11.7. The monoisotopic (exact) mass is 444 g/mol. The van der Waals surface area contributed by atoms with E-state index in [4.69, 9.17) is 16.0 Å². The highest BCUT2D eigenvalue weighted by atomic mass is 35.5. The van der Waals surface area contributed by atoms with Crippen LogP contribution in [0.25, 0.3) is 55.0 Å². The summed E-state index contributed by atoms with van der Waals surface area (Å²) in [7, 11) is 0. The molecule has 0 bridgehead atoms. The van der Waals surface area contributed by atoms with Crippen LogP contribution in [-0.2, 0) is 5.41 Å². The molecule has 33 heavy (non-hydrogen) atoms. The molecule has 0 N–H and O–H groups in total. The fraction of sp³-hybridized carbons (Fsp3) is 0.0968. The molecule has 7 rings (SSSR count). The SMILES string of the molecule is CC1(C)c2cc(Cl)ccc2-c2c(-c3cccc4c3oc3ccccc34)ccc3cccc1c23. The Balaban J connectivity index is 1.67. The molecule has 0 saturated heterocycles. The number of para-hydroxylation sites is 2. The molecule has 0 amide bonds. The van der Waals surface area contributed by atoms with Gasteiger partial charge in [0.15, 0.2) is 0 Å². The van der Waals surface area contributed by atoms with Gasteiger partial charge in [-0.2, -0.15) is 0 Å². The average molecular weight is 445 g/mol. The van der Waals surface area contributed by atoms with Crippen LogP contribution in [0.3, 0.4) is 0 Å². The second kappa shape index (κ2) is 6.50. The predicted octanol–water partition coefficient (Wildman–Crippen LogP) is 9.37. The summed E-state index contributed by atoms with van der Waals surface area (Å²) in [5.74, 6) is 0. The van der Waals surface area contributed by atoms with Crippen LogP contribution in [-0.4, -0.2) is 0 Å². The lowest BCUT2D eigenvalue weighted by Crippen LogP contribution is -2.23. The second-order valence-electron chi connectivity index (χ2n) is 9.49. The Morgan fingerprint density at radius 2 is 1.45 bits per heavy atom. The first-order valence-electron chi connectivity index (χ1n) is 11.3. The van der Waals surface area contributed by atoms with Gasteiger partial charge in [-0.25, -0.2) is 0 Å². The summed E-state index contributed by atoms with van der Waals surface area (Å²) in [6, 6.07) is 32.2. The van der Waals surface area contributed by atoms with Crippen molar-refractivity contribution in [2.45, 2.75) is 19.3 Å². The van der Waals surface area contributed by atoms with Crippen LogP contribution in [0.4, 0.5) is 0 Å². The van der Waals surface area contributed by atoms with Gasteiger partial charge in [0.1, 0.15) is 11.2 Å². The normalized spacial score (nSPS) is 14.2. The molecule has 1 aromatic heterocycles. The zero-order chi connectivity index (χ0) is 22.3. The van der Waals surface area contributed by atoms with Gasteiger partial charge in [-0.15, -0.1) is 0 Å². The number of hydrogen-bond acceptors (Lipinski definition) is 1. The van der Waals surface area contributed by atoms with Crippen molar-refractivity contribution in [3.63, 3.8) is 0 Å². The van der Waals surface area contributed by atoms with Crippen molar-refractivity contribution < 1.29 is 4.42 Å². The lowest BCUT2D eigenvalue weighted by atomic mass is 9.67. The predicted molar refractivity (Wildman–Crippen MR) is 139 cm³/mol. The van der Waals surface area contributed by atoms with Gasteiger partial charge in [0.25, 0.3) is 0 Å². The molecule has 0 spiro atoms. The number of furan rings is 1. The van der Waals surface area contributed by atoms with Crippen LogP contribution < -0.4 is 0 Å². The van der Waals surface area contributed by atoms with Crippen molar-refractivity contribution in [1.82, 2.24) is 0 Å². The molecule has 6 aromatic rings. The van der Waals surface area contributed by atoms with Gasteiger partial charge in [0.05, 0.1) is 0 Å². The van der Waals surface area contributed by atoms with Crippen molar-refractivity contribution in [2.24, 2.45) is 0 Å². The van der Waals surface area contributed by atoms with Crippen LogP contribution in [0.1, 0.15) is 25.0 Å². The molecule has 1 aliphatic rings. The highest BCUT2D eigenvalue weighted by Gasteiger charge is 2.35. The number of halogens is 1. The molecule has 0 fully saturated rings. The van der Waals surface area contributed by atoms with Crippen LogP contribution in [0, 0.1) is 0 Å². The minimum absolute atomic E-state index is 0.142. The molecule has 2 heteroatoms. The molecule has 1 heterocycles. The number of fused-ring (bicyclic) bond motifs is 5. The maximum absolute atomic E-state index is 6.50. The summed E-state index contributed by atoms with van der Waals surface area (Å²) >= 11 is 6.50. The molecule has 1 aliphatic carbocycles. The van der Waals surface area contributed by atoms with E-state index in [1.807, 2.05) is 18.2 Å². The zero-order valence-electron chi connectivity index (χ0n) is 18.4. The summed E-state index contributed by atoms with van der Waals surface area (Å²) in [5, 5.41) is 5.66. The van der Waals surface area contributed by atoms with E-state index in [0.717, 1.165) is 32.5 Å². The topological polar surface area (TPSA) is 13.1 Å². The van der Waals surface area contributed by atoms with E-state index >= 15 is 0 Å². The summed E-state index contributed by atoms with van der Waals surface area (Å²) < 4.78 is 6.42. The van der Waals surface area contributed by atoms with Gasteiger partial charge in [0, 0.05) is 26.8 Å². The summed E-state index contributed by atoms with van der Waals surface area (Å²) in [6.45, 7) is 4.60. The Labute approximate surface area is 197 Å². The third-order valence-corrected chi connectivity index (χ3v) is 7.57. The molecule has 5 aromatic carbocycles. The molecule has 0 unspecified atom stereocenters. The third kappa shape index (κ3) is 2.49. The largest absolute Gasteiger partial charge is 0.455 e. The van der Waals surface area contributed by atoms with Crippen LogP contribution in [0.5, 0.6) is 0 Å². The lowest BCUT2D eigenvalue weighted by molar-refractivity contribution is 0.645. The van der Waals surface area contributed by atoms with Gasteiger partial charge in [0.2, 0.25) is 0 Å². The fourth-order valence-electron chi connectivity index (χ4n) is 5.76. The fourth-order valence-corrected chi connectivity index (χ4v) is 5.93. The Morgan fingerprint density at radius 3 is 2.36 bits per heavy atom. The van der Waals surface area contributed by atoms with Crippen LogP contribution in [0.2, 0.25) is 5.02 Å². The zero-order valence-corrected chi connectivity index (χ0v) is 19.2. The summed E-state index contributed by atoms with van der Waals surface area (Å²) in [5.41, 5.74) is 9.14. The smallest absolute Gasteiger partial charge is 0.143 e. The van der Waals surface area contributed by atoms with Gasteiger partial charge in [-0.1, -0.05) is 98.2 Å². The minimum Gasteiger partial charge on any atom is -0.455 e. The Kier molecular flexibility index (Phi) is 3.73. The maximum atomic E-state index is 6.50. The van der Waals surface area contributed by atoms with E-state index in [2.05, 4.69) is 86.6 Å². The molecule has 0 atom stereocenters. The van der Waals surface area contributed by atoms with Gasteiger partial charge < -0.3 is 4.42 Å². The van der Waals surface area contributed by atoms with Crippen molar-refractivity contribution >= 4 is 44.3 Å². The van der Waals surface area contributed by atoms with Gasteiger partial charge in [-0.3, -0.25) is 0 Å². The summed E-state index contributed by atoms with van der Waals surface area (Å²) in [4.78, 5) is 0. The lowest BCUT2D eigenvalue weighted by Gasteiger charge is -2.36. The number of hydrogen-bond donors (Lipinski definition) is 0. The number of rotatable bonds is 1. The molecule has 158 valence electrons. The standard InChI is InChI=1S/C31H21ClO/c1-31(2)25-11-5-7-18-13-15-21(29(28(18)25)24-16-14-19(32)17-26(24)31)23-10-6-9-22-20-8-3-4-12-27(20)33-30(22)23/h3-17H,1-2H3. The second-order valence-corrected chi connectivity index (χ2v) is 9.92. The molecule has 1 nitrogen and oxygen atoms in total. The first-order chi connectivity index (χ1) is 16.0. The Hall–Kier alpha value is -3.55. The average Bonchev–Trinajstić information content (AvgIpc) is 3.21. The first kappa shape index (κ1) is 19.0. The highest BCUT2D eigenvalue weighted by Crippen LogP contribution is 2.53. The van der Waals surface area contributed by atoms with Crippen LogP contribution in [0.15, 0.2) is 95.4 Å². The van der Waals surface area contributed by atoms with E-state index in [1.165, 1.54) is 38.6 Å². The molecule has 0 saturated carbocycles. The highest BCUT2D eigenvalue weighted by molar-refractivity contribution is 6.31. The Morgan fingerprint density at radius 1 is 0.667 bits per heavy atom. The van der Waals surface area contributed by atoms with E-state index in [0.29, 0.717) is 0 Å². The van der Waals surface area contributed by atoms with Gasteiger partial charge >= 0.3 is 0 Å². The van der Waals surface area contributed by atoms with Crippen molar-refractivity contribution in [1.29, 1.82) is 0 Å². The van der Waals surface area contributed by atoms with Gasteiger partial charge in [-0.05, 0) is 56.8 Å². The van der Waals surface area contributed by atoms with Crippen LogP contribution >= 0.6 is 11.6 Å². The number of benzene rings is 5. The molecular formula is C31H21ClO. The van der Waals surface area contributed by atoms with E-state index in [9.17, 15) is 0 Å². The van der Waals surface area contributed by atoms with E-state index < -0.39 is 0 Å². The van der Waals surface area contributed by atoms with E-state index in [1.54, 1.807) is 0 Å². The minimum atomic E-state index is -0.142. The Bertz CT molecular complexity index is 1750. The third-order valence-electron chi connectivity index (χ3n) is 7.34. The quantitative estimate of drug-likeness (QED) is 0.246. The molecule has 0 radical (unpaired) electrons. The van der Waals surface area contributed by atoms with Crippen molar-refractivity contribution in [2.75, 3.05) is 0 Å². The summed E-state index contributed by atoms with van der Waals surface area (Å²) in [6.07, 6.45) is 0. The van der Waals surface area contributed by atoms with Crippen molar-refractivity contribution in [3.8, 4) is 22.3 Å². The molecule has 0 aliphatic heterocycles. The van der Waals surface area contributed by atoms with E-state index in [-0.39, 0.29) is 5.41 Å².